The van der Waals surface area contributed by atoms with Gasteiger partial charge in [-0.3, -0.25) is 4.79 Å². The second-order valence-electron chi connectivity index (χ2n) is 6.36. The molecule has 0 bridgehead atoms. The SMILES string of the molecule is CCc1cccc2c(/C=C(\C#N)C(=O)Nc3cc(C)c(Cl)cc3OC)c[nH]c12. The van der Waals surface area contributed by atoms with Crippen LogP contribution in [0.15, 0.2) is 42.1 Å². The van der Waals surface area contributed by atoms with Crippen molar-refractivity contribution in [2.45, 2.75) is 20.3 Å². The van der Waals surface area contributed by atoms with Crippen molar-refractivity contribution in [1.82, 2.24) is 4.98 Å². The molecule has 0 aliphatic rings. The Bertz CT molecular complexity index is 1120. The van der Waals surface area contributed by atoms with E-state index in [0.717, 1.165) is 28.5 Å². The lowest BCUT2D eigenvalue weighted by atomic mass is 10.1. The van der Waals surface area contributed by atoms with Crippen molar-refractivity contribution in [3.63, 3.8) is 0 Å². The number of nitriles is 1. The third-order valence-electron chi connectivity index (χ3n) is 4.61. The highest BCUT2D eigenvalue weighted by Gasteiger charge is 2.15. The lowest BCUT2D eigenvalue weighted by Gasteiger charge is -2.12. The first-order chi connectivity index (χ1) is 13.5. The molecule has 3 aromatic rings. The summed E-state index contributed by atoms with van der Waals surface area (Å²) in [5, 5.41) is 13.8. The monoisotopic (exact) mass is 393 g/mol. The number of benzene rings is 2. The van der Waals surface area contributed by atoms with Gasteiger partial charge in [0, 0.05) is 33.8 Å². The lowest BCUT2D eigenvalue weighted by molar-refractivity contribution is -0.112. The fraction of sp³-hybridized carbons (Fsp3) is 0.182. The third kappa shape index (κ3) is 3.73. The van der Waals surface area contributed by atoms with Gasteiger partial charge >= 0.3 is 0 Å². The molecule has 0 unspecified atom stereocenters. The predicted molar refractivity (Wildman–Crippen MR) is 113 cm³/mol. The van der Waals surface area contributed by atoms with Crippen molar-refractivity contribution in [1.29, 1.82) is 5.26 Å². The number of carbonyl (C=O) groups excluding carboxylic acids is 1. The first kappa shape index (κ1) is 19.5. The van der Waals surface area contributed by atoms with Gasteiger partial charge in [0.25, 0.3) is 5.91 Å². The molecule has 0 atom stereocenters. The molecule has 5 nitrogen and oxygen atoms in total. The summed E-state index contributed by atoms with van der Waals surface area (Å²) in [6, 6.07) is 11.3. The molecule has 1 amide bonds. The Balaban J connectivity index is 1.95. The number of para-hydroxylation sites is 1. The highest BCUT2D eigenvalue weighted by molar-refractivity contribution is 6.31. The number of aryl methyl sites for hydroxylation is 2. The number of amides is 1. The molecule has 0 aliphatic heterocycles. The van der Waals surface area contributed by atoms with Gasteiger partial charge in [-0.05, 0) is 36.6 Å². The Morgan fingerprint density at radius 3 is 2.86 bits per heavy atom. The van der Waals surface area contributed by atoms with Crippen LogP contribution >= 0.6 is 11.6 Å². The molecule has 1 heterocycles. The number of hydrogen-bond acceptors (Lipinski definition) is 3. The number of aromatic amines is 1. The maximum absolute atomic E-state index is 12.7. The molecule has 0 saturated heterocycles. The zero-order valence-corrected chi connectivity index (χ0v) is 16.6. The average molecular weight is 394 g/mol. The number of rotatable bonds is 5. The maximum Gasteiger partial charge on any atom is 0.266 e. The van der Waals surface area contributed by atoms with Crippen LogP contribution in [-0.4, -0.2) is 18.0 Å². The van der Waals surface area contributed by atoms with E-state index in [1.54, 1.807) is 18.2 Å². The van der Waals surface area contributed by atoms with Crippen LogP contribution in [0.2, 0.25) is 5.02 Å². The van der Waals surface area contributed by atoms with Crippen LogP contribution in [0.1, 0.15) is 23.6 Å². The number of fused-ring (bicyclic) bond motifs is 1. The lowest BCUT2D eigenvalue weighted by Crippen LogP contribution is -2.14. The van der Waals surface area contributed by atoms with Crippen molar-refractivity contribution >= 4 is 40.2 Å². The number of hydrogen-bond donors (Lipinski definition) is 2. The fourth-order valence-electron chi connectivity index (χ4n) is 3.08. The molecular weight excluding hydrogens is 374 g/mol. The number of aromatic nitrogens is 1. The van der Waals surface area contributed by atoms with Gasteiger partial charge in [-0.2, -0.15) is 5.26 Å². The first-order valence-electron chi connectivity index (χ1n) is 8.84. The van der Waals surface area contributed by atoms with Crippen molar-refractivity contribution < 1.29 is 9.53 Å². The van der Waals surface area contributed by atoms with E-state index >= 15 is 0 Å². The van der Waals surface area contributed by atoms with Crippen LogP contribution in [0, 0.1) is 18.3 Å². The van der Waals surface area contributed by atoms with Crippen molar-refractivity contribution in [2.75, 3.05) is 12.4 Å². The molecule has 0 spiro atoms. The van der Waals surface area contributed by atoms with Gasteiger partial charge in [0.2, 0.25) is 0 Å². The number of anilines is 1. The smallest absolute Gasteiger partial charge is 0.266 e. The van der Waals surface area contributed by atoms with Crippen molar-refractivity contribution in [3.8, 4) is 11.8 Å². The number of ether oxygens (including phenoxy) is 1. The highest BCUT2D eigenvalue weighted by Crippen LogP contribution is 2.31. The molecule has 0 saturated carbocycles. The van der Waals surface area contributed by atoms with Gasteiger partial charge in [0.15, 0.2) is 0 Å². The standard InChI is InChI=1S/C22H20ClN3O2/c1-4-14-6-5-7-17-16(12-25-21(14)17)9-15(11-24)22(27)26-19-8-13(2)18(23)10-20(19)28-3/h5-10,12,25H,4H2,1-3H3,(H,26,27)/b15-9+. The molecule has 28 heavy (non-hydrogen) atoms. The quantitative estimate of drug-likeness (QED) is 0.459. The molecule has 142 valence electrons. The Hall–Kier alpha value is -3.23. The van der Waals surface area contributed by atoms with E-state index in [4.69, 9.17) is 16.3 Å². The van der Waals surface area contributed by atoms with Crippen LogP contribution in [0.4, 0.5) is 5.69 Å². The minimum atomic E-state index is -0.511. The number of H-pyrrole nitrogens is 1. The van der Waals surface area contributed by atoms with E-state index in [-0.39, 0.29) is 5.57 Å². The summed E-state index contributed by atoms with van der Waals surface area (Å²) >= 11 is 6.11. The highest BCUT2D eigenvalue weighted by atomic mass is 35.5. The second kappa shape index (κ2) is 8.20. The van der Waals surface area contributed by atoms with E-state index in [0.29, 0.717) is 16.5 Å². The molecule has 2 N–H and O–H groups in total. The summed E-state index contributed by atoms with van der Waals surface area (Å²) < 4.78 is 5.28. The van der Waals surface area contributed by atoms with E-state index < -0.39 is 5.91 Å². The van der Waals surface area contributed by atoms with E-state index in [2.05, 4.69) is 23.3 Å². The topological polar surface area (TPSA) is 77.9 Å². The van der Waals surface area contributed by atoms with Crippen LogP contribution in [0.3, 0.4) is 0 Å². The zero-order chi connectivity index (χ0) is 20.3. The summed E-state index contributed by atoms with van der Waals surface area (Å²) in [7, 11) is 1.49. The molecule has 0 aliphatic carbocycles. The van der Waals surface area contributed by atoms with Gasteiger partial charge in [0.05, 0.1) is 12.8 Å². The summed E-state index contributed by atoms with van der Waals surface area (Å²) in [5.41, 5.74) is 4.24. The first-order valence-corrected chi connectivity index (χ1v) is 9.22. The summed E-state index contributed by atoms with van der Waals surface area (Å²) in [5.74, 6) is -0.0792. The number of nitrogens with one attached hydrogen (secondary N) is 2. The van der Waals surface area contributed by atoms with Crippen LogP contribution in [-0.2, 0) is 11.2 Å². The number of halogens is 1. The number of carbonyl (C=O) groups is 1. The van der Waals surface area contributed by atoms with Crippen molar-refractivity contribution in [2.24, 2.45) is 0 Å². The maximum atomic E-state index is 12.7. The minimum absolute atomic E-state index is 0.00235. The van der Waals surface area contributed by atoms with E-state index in [1.807, 2.05) is 31.3 Å². The third-order valence-corrected chi connectivity index (χ3v) is 5.02. The number of nitrogens with zero attached hydrogens (tertiary/aromatic N) is 1. The second-order valence-corrected chi connectivity index (χ2v) is 6.77. The normalized spacial score (nSPS) is 11.3. The molecule has 6 heteroatoms. The van der Waals surface area contributed by atoms with Gasteiger partial charge in [-0.25, -0.2) is 0 Å². The Morgan fingerprint density at radius 1 is 1.39 bits per heavy atom. The zero-order valence-electron chi connectivity index (χ0n) is 15.9. The average Bonchev–Trinajstić information content (AvgIpc) is 3.11. The molecule has 2 aromatic carbocycles. The largest absolute Gasteiger partial charge is 0.495 e. The molecule has 3 rings (SSSR count). The fourth-order valence-corrected chi connectivity index (χ4v) is 3.23. The molecule has 0 radical (unpaired) electrons. The Labute approximate surface area is 168 Å². The molecule has 0 fully saturated rings. The summed E-state index contributed by atoms with van der Waals surface area (Å²) in [6.45, 7) is 3.91. The Kier molecular flexibility index (Phi) is 5.72. The van der Waals surface area contributed by atoms with Gasteiger partial charge in [-0.15, -0.1) is 0 Å². The number of methoxy groups -OCH3 is 1. The molecule has 1 aromatic heterocycles. The van der Waals surface area contributed by atoms with Gasteiger partial charge in [0.1, 0.15) is 17.4 Å². The van der Waals surface area contributed by atoms with Gasteiger partial charge in [-0.1, -0.05) is 36.7 Å². The van der Waals surface area contributed by atoms with Crippen LogP contribution in [0.5, 0.6) is 5.75 Å². The minimum Gasteiger partial charge on any atom is -0.495 e. The Morgan fingerprint density at radius 2 is 2.18 bits per heavy atom. The van der Waals surface area contributed by atoms with Gasteiger partial charge < -0.3 is 15.0 Å². The summed E-state index contributed by atoms with van der Waals surface area (Å²) in [4.78, 5) is 15.9. The molecular formula is C22H20ClN3O2. The van der Waals surface area contributed by atoms with Crippen LogP contribution in [0.25, 0.3) is 17.0 Å². The van der Waals surface area contributed by atoms with E-state index in [1.165, 1.54) is 12.7 Å². The van der Waals surface area contributed by atoms with Crippen molar-refractivity contribution in [3.05, 3.63) is 63.8 Å². The van der Waals surface area contributed by atoms with Crippen LogP contribution < -0.4 is 10.1 Å². The predicted octanol–water partition coefficient (Wildman–Crippen LogP) is 5.25. The van der Waals surface area contributed by atoms with E-state index in [9.17, 15) is 10.1 Å². The summed E-state index contributed by atoms with van der Waals surface area (Å²) in [6.07, 6.45) is 4.28.